The van der Waals surface area contributed by atoms with Crippen LogP contribution in [0.5, 0.6) is 5.75 Å². The minimum Gasteiger partial charge on any atom is -0.469 e. The van der Waals surface area contributed by atoms with Gasteiger partial charge in [0.05, 0.1) is 13.5 Å². The number of hydrogen-bond donors (Lipinski definition) is 0. The summed E-state index contributed by atoms with van der Waals surface area (Å²) in [6.45, 7) is 1.44. The zero-order valence-corrected chi connectivity index (χ0v) is 14.6. The molecular formula is C17H15F3O5S. The maximum absolute atomic E-state index is 12.4. The van der Waals surface area contributed by atoms with E-state index in [0.29, 0.717) is 5.56 Å². The Morgan fingerprint density at radius 1 is 1.04 bits per heavy atom. The summed E-state index contributed by atoms with van der Waals surface area (Å²) in [5.41, 5.74) is -3.12. The van der Waals surface area contributed by atoms with E-state index in [2.05, 4.69) is 8.92 Å². The van der Waals surface area contributed by atoms with E-state index in [9.17, 15) is 26.4 Å². The first-order chi connectivity index (χ1) is 12.0. The summed E-state index contributed by atoms with van der Waals surface area (Å²) in [5.74, 6) is -0.769. The van der Waals surface area contributed by atoms with Crippen LogP contribution in [0, 0.1) is 6.92 Å². The van der Waals surface area contributed by atoms with Gasteiger partial charge >= 0.3 is 21.6 Å². The molecule has 0 spiro atoms. The van der Waals surface area contributed by atoms with Gasteiger partial charge in [0.15, 0.2) is 0 Å². The molecule has 0 radical (unpaired) electrons. The first-order valence-electron chi connectivity index (χ1n) is 7.31. The number of aryl methyl sites for hydroxylation is 1. The summed E-state index contributed by atoms with van der Waals surface area (Å²) in [6, 6.07) is 11.0. The Labute approximate surface area is 148 Å². The van der Waals surface area contributed by atoms with Gasteiger partial charge in [0, 0.05) is 0 Å². The van der Waals surface area contributed by atoms with Crippen LogP contribution in [-0.2, 0) is 26.1 Å². The van der Waals surface area contributed by atoms with E-state index in [-0.39, 0.29) is 18.0 Å². The van der Waals surface area contributed by atoms with Crippen LogP contribution < -0.4 is 4.18 Å². The quantitative estimate of drug-likeness (QED) is 0.445. The number of esters is 1. The lowest BCUT2D eigenvalue weighted by atomic mass is 10.0. The van der Waals surface area contributed by atoms with E-state index in [4.69, 9.17) is 0 Å². The van der Waals surface area contributed by atoms with E-state index < -0.39 is 21.4 Å². The van der Waals surface area contributed by atoms with Crippen molar-refractivity contribution in [2.24, 2.45) is 0 Å². The molecule has 0 amide bonds. The molecule has 0 heterocycles. The van der Waals surface area contributed by atoms with Crippen LogP contribution in [0.1, 0.15) is 11.1 Å². The van der Waals surface area contributed by atoms with Gasteiger partial charge in [-0.15, -0.1) is 0 Å². The largest absolute Gasteiger partial charge is 0.534 e. The Bertz CT molecular complexity index is 903. The average molecular weight is 388 g/mol. The third-order valence-corrected chi connectivity index (χ3v) is 4.49. The summed E-state index contributed by atoms with van der Waals surface area (Å²) >= 11 is 0. The molecule has 0 aliphatic carbocycles. The molecule has 2 rings (SSSR count). The second kappa shape index (κ2) is 7.36. The van der Waals surface area contributed by atoms with Crippen molar-refractivity contribution >= 4 is 16.1 Å². The van der Waals surface area contributed by atoms with Gasteiger partial charge in [0.25, 0.3) is 0 Å². The van der Waals surface area contributed by atoms with Gasteiger partial charge in [-0.1, -0.05) is 30.3 Å². The average Bonchev–Trinajstić information content (AvgIpc) is 2.56. The van der Waals surface area contributed by atoms with Gasteiger partial charge in [-0.2, -0.15) is 21.6 Å². The van der Waals surface area contributed by atoms with Gasteiger partial charge in [-0.3, -0.25) is 4.79 Å². The molecule has 0 unspecified atom stereocenters. The lowest BCUT2D eigenvalue weighted by Gasteiger charge is -2.12. The summed E-state index contributed by atoms with van der Waals surface area (Å²) < 4.78 is 68.1. The van der Waals surface area contributed by atoms with E-state index in [0.717, 1.165) is 17.2 Å². The maximum Gasteiger partial charge on any atom is 0.534 e. The number of carbonyl (C=O) groups excluding carboxylic acids is 1. The Morgan fingerprint density at radius 3 is 2.12 bits per heavy atom. The molecule has 140 valence electrons. The highest BCUT2D eigenvalue weighted by Gasteiger charge is 2.48. The van der Waals surface area contributed by atoms with Crippen molar-refractivity contribution in [3.05, 3.63) is 53.6 Å². The number of benzene rings is 2. The summed E-state index contributed by atoms with van der Waals surface area (Å²) in [4.78, 5) is 11.2. The van der Waals surface area contributed by atoms with Crippen LogP contribution in [0.2, 0.25) is 0 Å². The molecule has 0 saturated heterocycles. The minimum absolute atomic E-state index is 0.123. The Balaban J connectivity index is 2.23. The summed E-state index contributed by atoms with van der Waals surface area (Å²) in [6.07, 6.45) is 0.123. The minimum atomic E-state index is -5.71. The first kappa shape index (κ1) is 19.8. The van der Waals surface area contributed by atoms with Crippen molar-refractivity contribution in [3.8, 4) is 16.9 Å². The highest BCUT2D eigenvalue weighted by atomic mass is 32.2. The van der Waals surface area contributed by atoms with Crippen LogP contribution in [-0.4, -0.2) is 27.0 Å². The van der Waals surface area contributed by atoms with Crippen LogP contribution in [0.4, 0.5) is 13.2 Å². The van der Waals surface area contributed by atoms with Crippen LogP contribution in [0.15, 0.2) is 42.5 Å². The SMILES string of the molecule is COC(=O)Cc1ccc(-c2ccc(OS(=O)(=O)C(F)(F)F)c(C)c2)cc1. The molecule has 9 heteroatoms. The normalized spacial score (nSPS) is 11.9. The third kappa shape index (κ3) is 4.54. The number of alkyl halides is 3. The molecule has 0 atom stereocenters. The fourth-order valence-electron chi connectivity index (χ4n) is 2.14. The molecule has 2 aromatic rings. The number of halogens is 3. The maximum atomic E-state index is 12.4. The van der Waals surface area contributed by atoms with Gasteiger partial charge in [0.1, 0.15) is 5.75 Å². The van der Waals surface area contributed by atoms with Crippen LogP contribution in [0.3, 0.4) is 0 Å². The van der Waals surface area contributed by atoms with Crippen molar-refractivity contribution in [2.45, 2.75) is 18.9 Å². The van der Waals surface area contributed by atoms with Crippen molar-refractivity contribution in [1.82, 2.24) is 0 Å². The molecule has 0 aliphatic rings. The van der Waals surface area contributed by atoms with Crippen LogP contribution >= 0.6 is 0 Å². The van der Waals surface area contributed by atoms with Crippen molar-refractivity contribution in [1.29, 1.82) is 0 Å². The fourth-order valence-corrected chi connectivity index (χ4v) is 2.66. The molecule has 2 aromatic carbocycles. The topological polar surface area (TPSA) is 69.7 Å². The van der Waals surface area contributed by atoms with Gasteiger partial charge in [0.2, 0.25) is 0 Å². The lowest BCUT2D eigenvalue weighted by molar-refractivity contribution is -0.139. The number of methoxy groups -OCH3 is 1. The Kier molecular flexibility index (Phi) is 5.60. The predicted octanol–water partition coefficient (Wildman–Crippen LogP) is 3.61. The highest BCUT2D eigenvalue weighted by Crippen LogP contribution is 2.31. The molecule has 0 aliphatic heterocycles. The van der Waals surface area contributed by atoms with Gasteiger partial charge in [-0.05, 0) is 41.3 Å². The summed E-state index contributed by atoms with van der Waals surface area (Å²) in [7, 11) is -4.42. The van der Waals surface area contributed by atoms with Gasteiger partial charge in [-0.25, -0.2) is 0 Å². The van der Waals surface area contributed by atoms with Crippen molar-refractivity contribution in [2.75, 3.05) is 7.11 Å². The smallest absolute Gasteiger partial charge is 0.469 e. The standard InChI is InChI=1S/C17H15F3O5S/c1-11-9-14(7-8-15(11)25-26(22,23)17(18,19)20)13-5-3-12(4-6-13)10-16(21)24-2/h3-9H,10H2,1-2H3. The molecule has 0 N–H and O–H groups in total. The Morgan fingerprint density at radius 2 is 1.62 bits per heavy atom. The predicted molar refractivity (Wildman–Crippen MR) is 87.9 cm³/mol. The number of hydrogen-bond acceptors (Lipinski definition) is 5. The van der Waals surface area contributed by atoms with E-state index in [1.54, 1.807) is 24.3 Å². The second-order valence-electron chi connectivity index (χ2n) is 5.41. The van der Waals surface area contributed by atoms with Gasteiger partial charge < -0.3 is 8.92 Å². The molecule has 0 saturated carbocycles. The monoisotopic (exact) mass is 388 g/mol. The third-order valence-electron chi connectivity index (χ3n) is 3.52. The number of ether oxygens (including phenoxy) is 1. The highest BCUT2D eigenvalue weighted by molar-refractivity contribution is 7.88. The zero-order chi connectivity index (χ0) is 19.5. The molecule has 0 aromatic heterocycles. The van der Waals surface area contributed by atoms with E-state index in [1.165, 1.54) is 26.2 Å². The Hall–Kier alpha value is -2.55. The molecular weight excluding hydrogens is 373 g/mol. The zero-order valence-electron chi connectivity index (χ0n) is 13.8. The lowest BCUT2D eigenvalue weighted by Crippen LogP contribution is -2.28. The van der Waals surface area contributed by atoms with Crippen molar-refractivity contribution < 1.29 is 35.3 Å². The number of rotatable bonds is 5. The molecule has 26 heavy (non-hydrogen) atoms. The first-order valence-corrected chi connectivity index (χ1v) is 8.72. The molecule has 0 bridgehead atoms. The van der Waals surface area contributed by atoms with E-state index >= 15 is 0 Å². The second-order valence-corrected chi connectivity index (χ2v) is 6.95. The van der Waals surface area contributed by atoms with Crippen molar-refractivity contribution in [3.63, 3.8) is 0 Å². The summed E-state index contributed by atoms with van der Waals surface area (Å²) in [5, 5.41) is 0. The van der Waals surface area contributed by atoms with E-state index in [1.807, 2.05) is 0 Å². The molecule has 0 fully saturated rings. The van der Waals surface area contributed by atoms with Crippen LogP contribution in [0.25, 0.3) is 11.1 Å². The number of carbonyl (C=O) groups is 1. The fraction of sp³-hybridized carbons (Fsp3) is 0.235. The molecule has 5 nitrogen and oxygen atoms in total.